The molecule has 7 nitrogen and oxygen atoms in total. The number of amides is 1. The normalized spacial score (nSPS) is 21.0. The molecule has 0 radical (unpaired) electrons. The van der Waals surface area contributed by atoms with Crippen molar-refractivity contribution < 1.29 is 9.53 Å². The third kappa shape index (κ3) is 6.53. The van der Waals surface area contributed by atoms with Crippen LogP contribution in [0.4, 0.5) is 0 Å². The average Bonchev–Trinajstić information content (AvgIpc) is 3.31. The molecular formula is C24H35N5O2. The van der Waals surface area contributed by atoms with E-state index in [-0.39, 0.29) is 5.91 Å². The summed E-state index contributed by atoms with van der Waals surface area (Å²) in [5.74, 6) is 1.18. The number of nitrogens with zero attached hydrogens (tertiary/aromatic N) is 5. The molecule has 1 atom stereocenters. The molecule has 0 saturated carbocycles. The first-order chi connectivity index (χ1) is 15.3. The number of aromatic nitrogens is 3. The lowest BCUT2D eigenvalue weighted by Gasteiger charge is -2.37. The second-order valence-corrected chi connectivity index (χ2v) is 8.72. The Morgan fingerprint density at radius 2 is 2.06 bits per heavy atom. The summed E-state index contributed by atoms with van der Waals surface area (Å²) in [6, 6.07) is 9.15. The van der Waals surface area contributed by atoms with E-state index in [1.54, 1.807) is 11.0 Å². The Morgan fingerprint density at radius 1 is 1.10 bits per heavy atom. The van der Waals surface area contributed by atoms with Gasteiger partial charge in [-0.3, -0.25) is 14.4 Å². The van der Waals surface area contributed by atoms with Gasteiger partial charge in [-0.25, -0.2) is 4.98 Å². The predicted octanol–water partition coefficient (Wildman–Crippen LogP) is 3.16. The highest BCUT2D eigenvalue weighted by Crippen LogP contribution is 2.23. The molecule has 1 unspecified atom stereocenters. The number of aryl methyl sites for hydroxylation is 2. The fourth-order valence-corrected chi connectivity index (χ4v) is 4.76. The molecule has 1 saturated heterocycles. The van der Waals surface area contributed by atoms with Gasteiger partial charge in [-0.15, -0.1) is 0 Å². The number of rotatable bonds is 4. The first-order valence-corrected chi connectivity index (χ1v) is 11.8. The Labute approximate surface area is 185 Å². The van der Waals surface area contributed by atoms with E-state index < -0.39 is 0 Å². The lowest BCUT2D eigenvalue weighted by Crippen LogP contribution is -2.45. The van der Waals surface area contributed by atoms with E-state index >= 15 is 0 Å². The standard InChI is InChI=1S/C24H35N5O2/c30-24(9-4-14-29-20-25-19-26-29)28-13-5-17-31-23-8-3-6-21(18-23)10-11-22-7-1-2-12-27(22)15-16-28/h3,6,8,18-20,22H,1-2,4-5,7,9-17H2. The molecule has 1 fully saturated rings. The summed E-state index contributed by atoms with van der Waals surface area (Å²) >= 11 is 0. The molecule has 2 bridgehead atoms. The van der Waals surface area contributed by atoms with Crippen LogP contribution in [0.1, 0.15) is 50.5 Å². The third-order valence-electron chi connectivity index (χ3n) is 6.51. The Hall–Kier alpha value is -2.41. The van der Waals surface area contributed by atoms with Crippen molar-refractivity contribution in [3.63, 3.8) is 0 Å². The number of piperidine rings is 1. The molecule has 0 aliphatic carbocycles. The van der Waals surface area contributed by atoms with Crippen LogP contribution >= 0.6 is 0 Å². The summed E-state index contributed by atoms with van der Waals surface area (Å²) in [7, 11) is 0. The molecule has 31 heavy (non-hydrogen) atoms. The predicted molar refractivity (Wildman–Crippen MR) is 120 cm³/mol. The van der Waals surface area contributed by atoms with Crippen molar-refractivity contribution in [2.45, 2.75) is 64.0 Å². The minimum Gasteiger partial charge on any atom is -0.494 e. The molecule has 2 aromatic rings. The first kappa shape index (κ1) is 21.8. The monoisotopic (exact) mass is 425 g/mol. The molecule has 2 aliphatic heterocycles. The summed E-state index contributed by atoms with van der Waals surface area (Å²) < 4.78 is 7.78. The van der Waals surface area contributed by atoms with Crippen LogP contribution in [0, 0.1) is 0 Å². The lowest BCUT2D eigenvalue weighted by molar-refractivity contribution is -0.131. The zero-order valence-electron chi connectivity index (χ0n) is 18.5. The van der Waals surface area contributed by atoms with Crippen molar-refractivity contribution in [3.8, 4) is 5.75 Å². The van der Waals surface area contributed by atoms with Crippen LogP contribution in [-0.4, -0.2) is 69.3 Å². The van der Waals surface area contributed by atoms with Crippen molar-refractivity contribution in [3.05, 3.63) is 42.5 Å². The van der Waals surface area contributed by atoms with Crippen LogP contribution in [0.2, 0.25) is 0 Å². The number of ether oxygens (including phenoxy) is 1. The summed E-state index contributed by atoms with van der Waals surface area (Å²) in [6.45, 7) is 5.05. The van der Waals surface area contributed by atoms with Gasteiger partial charge in [0.05, 0.1) is 6.61 Å². The number of fused-ring (bicyclic) bond motifs is 3. The number of carbonyl (C=O) groups excluding carboxylic acids is 1. The fraction of sp³-hybridized carbons (Fsp3) is 0.625. The minimum atomic E-state index is 0.239. The minimum absolute atomic E-state index is 0.239. The van der Waals surface area contributed by atoms with Gasteiger partial charge < -0.3 is 9.64 Å². The van der Waals surface area contributed by atoms with E-state index in [2.05, 4.69) is 38.1 Å². The Morgan fingerprint density at radius 3 is 2.97 bits per heavy atom. The summed E-state index contributed by atoms with van der Waals surface area (Å²) in [4.78, 5) is 21.6. The molecule has 0 spiro atoms. The molecule has 3 heterocycles. The van der Waals surface area contributed by atoms with E-state index in [0.717, 1.165) is 57.7 Å². The molecule has 2 aliphatic rings. The smallest absolute Gasteiger partial charge is 0.222 e. The molecule has 4 rings (SSSR count). The van der Waals surface area contributed by atoms with Gasteiger partial charge in [-0.2, -0.15) is 5.10 Å². The molecule has 168 valence electrons. The largest absolute Gasteiger partial charge is 0.494 e. The quantitative estimate of drug-likeness (QED) is 0.753. The maximum absolute atomic E-state index is 13.0. The topological polar surface area (TPSA) is 63.5 Å². The van der Waals surface area contributed by atoms with Crippen LogP contribution in [0.3, 0.4) is 0 Å². The van der Waals surface area contributed by atoms with Crippen molar-refractivity contribution >= 4 is 5.91 Å². The van der Waals surface area contributed by atoms with Crippen LogP contribution in [0.25, 0.3) is 0 Å². The van der Waals surface area contributed by atoms with E-state index in [1.807, 2.05) is 6.07 Å². The highest BCUT2D eigenvalue weighted by atomic mass is 16.5. The Bertz CT molecular complexity index is 810. The van der Waals surface area contributed by atoms with Crippen molar-refractivity contribution in [1.82, 2.24) is 24.6 Å². The molecule has 1 aromatic carbocycles. The van der Waals surface area contributed by atoms with Gasteiger partial charge in [0.2, 0.25) is 5.91 Å². The zero-order chi connectivity index (χ0) is 21.3. The Balaban J connectivity index is 1.38. The maximum Gasteiger partial charge on any atom is 0.222 e. The van der Waals surface area contributed by atoms with Gasteiger partial charge in [0.1, 0.15) is 18.4 Å². The van der Waals surface area contributed by atoms with Crippen LogP contribution in [0.5, 0.6) is 5.75 Å². The van der Waals surface area contributed by atoms with Crippen molar-refractivity contribution in [1.29, 1.82) is 0 Å². The number of carbonyl (C=O) groups is 1. The van der Waals surface area contributed by atoms with E-state index in [1.165, 1.54) is 37.6 Å². The van der Waals surface area contributed by atoms with E-state index in [9.17, 15) is 4.79 Å². The molecular weight excluding hydrogens is 390 g/mol. The summed E-state index contributed by atoms with van der Waals surface area (Å²) in [6.07, 6.45) is 11.5. The highest BCUT2D eigenvalue weighted by molar-refractivity contribution is 5.76. The maximum atomic E-state index is 13.0. The lowest BCUT2D eigenvalue weighted by atomic mass is 9.95. The molecule has 1 amide bonds. The number of benzene rings is 1. The van der Waals surface area contributed by atoms with E-state index in [4.69, 9.17) is 4.74 Å². The second-order valence-electron chi connectivity index (χ2n) is 8.72. The average molecular weight is 426 g/mol. The van der Waals surface area contributed by atoms with Crippen molar-refractivity contribution in [2.24, 2.45) is 0 Å². The molecule has 7 heteroatoms. The fourth-order valence-electron chi connectivity index (χ4n) is 4.76. The summed E-state index contributed by atoms with van der Waals surface area (Å²) in [5, 5.41) is 4.12. The Kier molecular flexibility index (Phi) is 7.93. The molecule has 1 aromatic heterocycles. The summed E-state index contributed by atoms with van der Waals surface area (Å²) in [5.41, 5.74) is 1.37. The third-order valence-corrected chi connectivity index (χ3v) is 6.51. The highest BCUT2D eigenvalue weighted by Gasteiger charge is 2.24. The van der Waals surface area contributed by atoms with E-state index in [0.29, 0.717) is 19.1 Å². The SMILES string of the molecule is O=C(CCCn1cncn1)N1CCCOc2cccc(c2)CCC2CCCCN2CC1. The second kappa shape index (κ2) is 11.3. The zero-order valence-corrected chi connectivity index (χ0v) is 18.5. The van der Waals surface area contributed by atoms with Gasteiger partial charge in [0, 0.05) is 38.6 Å². The van der Waals surface area contributed by atoms with Gasteiger partial charge >= 0.3 is 0 Å². The van der Waals surface area contributed by atoms with Crippen LogP contribution < -0.4 is 4.74 Å². The molecule has 0 N–H and O–H groups in total. The van der Waals surface area contributed by atoms with Gasteiger partial charge in [-0.1, -0.05) is 18.6 Å². The van der Waals surface area contributed by atoms with Gasteiger partial charge in [-0.05, 0) is 62.8 Å². The van der Waals surface area contributed by atoms with Crippen LogP contribution in [-0.2, 0) is 17.8 Å². The first-order valence-electron chi connectivity index (χ1n) is 11.8. The number of hydrogen-bond donors (Lipinski definition) is 0. The van der Waals surface area contributed by atoms with Gasteiger partial charge in [0.15, 0.2) is 0 Å². The number of hydrogen-bond acceptors (Lipinski definition) is 5. The van der Waals surface area contributed by atoms with Gasteiger partial charge in [0.25, 0.3) is 0 Å². The van der Waals surface area contributed by atoms with Crippen molar-refractivity contribution in [2.75, 3.05) is 32.8 Å². The van der Waals surface area contributed by atoms with Crippen LogP contribution in [0.15, 0.2) is 36.9 Å².